The highest BCUT2D eigenvalue weighted by Gasteiger charge is 2.06. The van der Waals surface area contributed by atoms with E-state index >= 15 is 0 Å². The Hall–Kier alpha value is -1.27. The van der Waals surface area contributed by atoms with Gasteiger partial charge < -0.3 is 5.32 Å². The molecule has 1 aromatic carbocycles. The molecule has 13 heavy (non-hydrogen) atoms. The Morgan fingerprint density at radius 2 is 2.00 bits per heavy atom. The Morgan fingerprint density at radius 1 is 1.38 bits per heavy atom. The molecule has 0 radical (unpaired) electrons. The van der Waals surface area contributed by atoms with Gasteiger partial charge in [-0.25, -0.2) is 8.78 Å². The van der Waals surface area contributed by atoms with Crippen LogP contribution in [0.5, 0.6) is 0 Å². The monoisotopic (exact) mass is 201 g/mol. The maximum Gasteiger partial charge on any atom is 0.160 e. The van der Waals surface area contributed by atoms with Gasteiger partial charge in [0.05, 0.1) is 17.3 Å². The van der Waals surface area contributed by atoms with Crippen LogP contribution in [0.4, 0.5) is 14.5 Å². The summed E-state index contributed by atoms with van der Waals surface area (Å²) in [6, 6.07) is 1.87. The van der Waals surface area contributed by atoms with Gasteiger partial charge in [-0.05, 0) is 6.07 Å². The summed E-state index contributed by atoms with van der Waals surface area (Å²) >= 11 is 5.60. The maximum atomic E-state index is 12.7. The van der Waals surface area contributed by atoms with E-state index < -0.39 is 11.6 Å². The summed E-state index contributed by atoms with van der Waals surface area (Å²) in [6.07, 6.45) is 4.97. The minimum Gasteiger partial charge on any atom is -0.373 e. The molecule has 1 aromatic rings. The van der Waals surface area contributed by atoms with Crippen LogP contribution in [0.1, 0.15) is 0 Å². The Labute approximate surface area is 79.7 Å². The van der Waals surface area contributed by atoms with Gasteiger partial charge in [-0.1, -0.05) is 17.5 Å². The predicted molar refractivity (Wildman–Crippen MR) is 48.7 cm³/mol. The van der Waals surface area contributed by atoms with Gasteiger partial charge in [0, 0.05) is 6.07 Å². The molecule has 0 amide bonds. The summed E-state index contributed by atoms with van der Waals surface area (Å²) in [5.41, 5.74) is 0.290. The van der Waals surface area contributed by atoms with Crippen molar-refractivity contribution in [1.29, 1.82) is 0 Å². The highest BCUT2D eigenvalue weighted by molar-refractivity contribution is 6.33. The van der Waals surface area contributed by atoms with E-state index in [2.05, 4.69) is 11.2 Å². The van der Waals surface area contributed by atoms with Crippen molar-refractivity contribution in [3.63, 3.8) is 0 Å². The van der Waals surface area contributed by atoms with E-state index in [1.165, 1.54) is 0 Å². The van der Waals surface area contributed by atoms with Crippen LogP contribution in [-0.2, 0) is 0 Å². The standard InChI is InChI=1S/C9H6ClF2N/c1-2-3-13-9-5-8(12)7(11)4-6(9)10/h1,4-5,13H,3H2. The first-order chi connectivity index (χ1) is 6.15. The van der Waals surface area contributed by atoms with Crippen LogP contribution in [-0.4, -0.2) is 6.54 Å². The summed E-state index contributed by atoms with van der Waals surface area (Å²) in [7, 11) is 0. The molecule has 0 saturated carbocycles. The minimum absolute atomic E-state index is 0.106. The summed E-state index contributed by atoms with van der Waals surface area (Å²) in [6.45, 7) is 0.213. The molecule has 0 heterocycles. The molecule has 0 unspecified atom stereocenters. The van der Waals surface area contributed by atoms with E-state index in [0.717, 1.165) is 12.1 Å². The summed E-state index contributed by atoms with van der Waals surface area (Å²) in [5, 5.41) is 2.76. The van der Waals surface area contributed by atoms with E-state index in [1.807, 2.05) is 0 Å². The fraction of sp³-hybridized carbons (Fsp3) is 0.111. The Balaban J connectivity index is 2.96. The second kappa shape index (κ2) is 4.11. The smallest absolute Gasteiger partial charge is 0.160 e. The molecule has 0 saturated heterocycles. The van der Waals surface area contributed by atoms with Crippen LogP contribution < -0.4 is 5.32 Å². The lowest BCUT2D eigenvalue weighted by molar-refractivity contribution is 0.509. The lowest BCUT2D eigenvalue weighted by atomic mass is 10.3. The Bertz CT molecular complexity index is 357. The third-order valence-corrected chi connectivity index (χ3v) is 1.70. The van der Waals surface area contributed by atoms with Crippen molar-refractivity contribution in [2.24, 2.45) is 0 Å². The van der Waals surface area contributed by atoms with Crippen molar-refractivity contribution in [3.8, 4) is 12.3 Å². The van der Waals surface area contributed by atoms with Crippen LogP contribution in [0.3, 0.4) is 0 Å². The van der Waals surface area contributed by atoms with Gasteiger partial charge >= 0.3 is 0 Å². The highest BCUT2D eigenvalue weighted by Crippen LogP contribution is 2.24. The zero-order valence-electron chi connectivity index (χ0n) is 6.57. The molecule has 1 nitrogen and oxygen atoms in total. The second-order valence-corrected chi connectivity index (χ2v) is 2.71. The fourth-order valence-electron chi connectivity index (χ4n) is 0.804. The van der Waals surface area contributed by atoms with Crippen molar-refractivity contribution in [2.75, 3.05) is 11.9 Å². The largest absolute Gasteiger partial charge is 0.373 e. The Morgan fingerprint density at radius 3 is 2.62 bits per heavy atom. The molecule has 0 aromatic heterocycles. The van der Waals surface area contributed by atoms with Crippen molar-refractivity contribution in [1.82, 2.24) is 0 Å². The molecule has 0 fully saturated rings. The lowest BCUT2D eigenvalue weighted by Gasteiger charge is -2.05. The van der Waals surface area contributed by atoms with E-state index in [-0.39, 0.29) is 11.6 Å². The van der Waals surface area contributed by atoms with Crippen LogP contribution in [0.2, 0.25) is 5.02 Å². The average molecular weight is 202 g/mol. The maximum absolute atomic E-state index is 12.7. The predicted octanol–water partition coefficient (Wildman–Crippen LogP) is 2.66. The number of rotatable bonds is 2. The first-order valence-corrected chi connectivity index (χ1v) is 3.85. The fourth-order valence-corrected chi connectivity index (χ4v) is 1.02. The Kier molecular flexibility index (Phi) is 3.10. The van der Waals surface area contributed by atoms with Gasteiger partial charge in [-0.3, -0.25) is 0 Å². The molecule has 0 aliphatic rings. The van der Waals surface area contributed by atoms with E-state index in [9.17, 15) is 8.78 Å². The molecule has 0 bridgehead atoms. The minimum atomic E-state index is -0.976. The normalized spacial score (nSPS) is 9.38. The molecule has 0 atom stereocenters. The third kappa shape index (κ3) is 2.33. The van der Waals surface area contributed by atoms with Gasteiger partial charge in [-0.15, -0.1) is 6.42 Å². The summed E-state index contributed by atoms with van der Waals surface area (Å²) in [4.78, 5) is 0. The van der Waals surface area contributed by atoms with Crippen molar-refractivity contribution in [2.45, 2.75) is 0 Å². The number of nitrogens with one attached hydrogen (secondary N) is 1. The quantitative estimate of drug-likeness (QED) is 0.573. The molecular weight excluding hydrogens is 196 g/mol. The number of hydrogen-bond acceptors (Lipinski definition) is 1. The van der Waals surface area contributed by atoms with Gasteiger partial charge in [0.2, 0.25) is 0 Å². The zero-order chi connectivity index (χ0) is 9.84. The third-order valence-electron chi connectivity index (χ3n) is 1.39. The van der Waals surface area contributed by atoms with E-state index in [0.29, 0.717) is 5.69 Å². The number of halogens is 3. The molecule has 68 valence electrons. The zero-order valence-corrected chi connectivity index (χ0v) is 7.33. The van der Waals surface area contributed by atoms with Crippen molar-refractivity contribution >= 4 is 17.3 Å². The topological polar surface area (TPSA) is 12.0 Å². The van der Waals surface area contributed by atoms with Crippen molar-refractivity contribution < 1.29 is 8.78 Å². The summed E-state index contributed by atoms with van der Waals surface area (Å²) < 4.78 is 25.2. The lowest BCUT2D eigenvalue weighted by Crippen LogP contribution is -2.00. The van der Waals surface area contributed by atoms with Crippen LogP contribution in [0, 0.1) is 24.0 Å². The average Bonchev–Trinajstić information content (AvgIpc) is 2.09. The molecule has 0 spiro atoms. The SMILES string of the molecule is C#CCNc1cc(F)c(F)cc1Cl. The second-order valence-electron chi connectivity index (χ2n) is 2.30. The van der Waals surface area contributed by atoms with Gasteiger partial charge in [0.1, 0.15) is 0 Å². The number of anilines is 1. The van der Waals surface area contributed by atoms with E-state index in [1.54, 1.807) is 0 Å². The van der Waals surface area contributed by atoms with Gasteiger partial charge in [-0.2, -0.15) is 0 Å². The molecule has 1 N–H and O–H groups in total. The molecule has 0 aliphatic heterocycles. The number of terminal acetylenes is 1. The first kappa shape index (κ1) is 9.82. The molecule has 0 aliphatic carbocycles. The molecular formula is C9H6ClF2N. The number of hydrogen-bond donors (Lipinski definition) is 1. The summed E-state index contributed by atoms with van der Waals surface area (Å²) in [5.74, 6) is 0.361. The van der Waals surface area contributed by atoms with Crippen LogP contribution in [0.25, 0.3) is 0 Å². The van der Waals surface area contributed by atoms with Crippen LogP contribution >= 0.6 is 11.6 Å². The number of benzene rings is 1. The van der Waals surface area contributed by atoms with Gasteiger partial charge in [0.25, 0.3) is 0 Å². The molecule has 4 heteroatoms. The first-order valence-electron chi connectivity index (χ1n) is 3.47. The van der Waals surface area contributed by atoms with Crippen molar-refractivity contribution in [3.05, 3.63) is 28.8 Å². The molecule has 1 rings (SSSR count). The van der Waals surface area contributed by atoms with E-state index in [4.69, 9.17) is 18.0 Å². The van der Waals surface area contributed by atoms with Gasteiger partial charge in [0.15, 0.2) is 11.6 Å². The highest BCUT2D eigenvalue weighted by atomic mass is 35.5. The van der Waals surface area contributed by atoms with Crippen LogP contribution in [0.15, 0.2) is 12.1 Å².